The number of hydrogen-bond acceptors (Lipinski definition) is 6. The molecule has 138 valence electrons. The molecule has 3 atom stereocenters. The van der Waals surface area contributed by atoms with Gasteiger partial charge < -0.3 is 14.6 Å². The SMILES string of the molecule is Cc1nc(CNC(=O)[C@@H]2C[C@H]3CCCC[C@H]3N2c2ncccn2)oc1C. The van der Waals surface area contributed by atoms with E-state index in [-0.39, 0.29) is 11.9 Å². The summed E-state index contributed by atoms with van der Waals surface area (Å²) >= 11 is 0. The minimum Gasteiger partial charge on any atom is -0.444 e. The van der Waals surface area contributed by atoms with E-state index in [1.165, 1.54) is 19.3 Å². The van der Waals surface area contributed by atoms with Gasteiger partial charge in [0.1, 0.15) is 11.8 Å². The number of anilines is 1. The van der Waals surface area contributed by atoms with Crippen molar-refractivity contribution < 1.29 is 9.21 Å². The minimum absolute atomic E-state index is 0.000333. The predicted octanol–water partition coefficient (Wildman–Crippen LogP) is 2.54. The molecule has 7 nitrogen and oxygen atoms in total. The average molecular weight is 355 g/mol. The smallest absolute Gasteiger partial charge is 0.243 e. The summed E-state index contributed by atoms with van der Waals surface area (Å²) in [7, 11) is 0. The fourth-order valence-electron chi connectivity index (χ4n) is 4.30. The van der Waals surface area contributed by atoms with Gasteiger partial charge in [-0.1, -0.05) is 12.8 Å². The van der Waals surface area contributed by atoms with Crippen LogP contribution >= 0.6 is 0 Å². The molecule has 0 radical (unpaired) electrons. The van der Waals surface area contributed by atoms with E-state index >= 15 is 0 Å². The predicted molar refractivity (Wildman–Crippen MR) is 96.5 cm³/mol. The number of hydrogen-bond donors (Lipinski definition) is 1. The summed E-state index contributed by atoms with van der Waals surface area (Å²) in [4.78, 5) is 28.3. The van der Waals surface area contributed by atoms with Gasteiger partial charge in [-0.25, -0.2) is 15.0 Å². The Balaban J connectivity index is 1.51. The molecule has 1 saturated heterocycles. The summed E-state index contributed by atoms with van der Waals surface area (Å²) in [6.45, 7) is 4.09. The van der Waals surface area contributed by atoms with Crippen molar-refractivity contribution in [3.63, 3.8) is 0 Å². The summed E-state index contributed by atoms with van der Waals surface area (Å²) in [6.07, 6.45) is 9.07. The highest BCUT2D eigenvalue weighted by atomic mass is 16.4. The lowest BCUT2D eigenvalue weighted by molar-refractivity contribution is -0.122. The fraction of sp³-hybridized carbons (Fsp3) is 0.579. The van der Waals surface area contributed by atoms with Gasteiger partial charge >= 0.3 is 0 Å². The van der Waals surface area contributed by atoms with Crippen LogP contribution in [0.15, 0.2) is 22.9 Å². The molecule has 2 aromatic heterocycles. The van der Waals surface area contributed by atoms with Crippen molar-refractivity contribution >= 4 is 11.9 Å². The van der Waals surface area contributed by atoms with Crippen LogP contribution in [-0.2, 0) is 11.3 Å². The molecule has 3 heterocycles. The van der Waals surface area contributed by atoms with Gasteiger partial charge in [-0.05, 0) is 45.1 Å². The first-order valence-electron chi connectivity index (χ1n) is 9.39. The summed E-state index contributed by atoms with van der Waals surface area (Å²) in [6, 6.07) is 1.93. The summed E-state index contributed by atoms with van der Waals surface area (Å²) in [5.41, 5.74) is 0.862. The third-order valence-electron chi connectivity index (χ3n) is 5.66. The number of fused-ring (bicyclic) bond motifs is 1. The second-order valence-corrected chi connectivity index (χ2v) is 7.29. The molecule has 0 aromatic carbocycles. The summed E-state index contributed by atoms with van der Waals surface area (Å²) in [5.74, 6) is 2.53. The minimum atomic E-state index is -0.234. The second-order valence-electron chi connectivity index (χ2n) is 7.29. The third kappa shape index (κ3) is 3.18. The Kier molecular flexibility index (Phi) is 4.61. The van der Waals surface area contributed by atoms with E-state index < -0.39 is 0 Å². The maximum atomic E-state index is 13.0. The molecule has 4 rings (SSSR count). The maximum Gasteiger partial charge on any atom is 0.243 e. The second kappa shape index (κ2) is 7.05. The van der Waals surface area contributed by atoms with Gasteiger partial charge in [-0.2, -0.15) is 0 Å². The highest BCUT2D eigenvalue weighted by molar-refractivity contribution is 5.85. The van der Waals surface area contributed by atoms with Crippen LogP contribution in [0, 0.1) is 19.8 Å². The van der Waals surface area contributed by atoms with Crippen molar-refractivity contribution in [2.75, 3.05) is 4.90 Å². The molecule has 1 aliphatic heterocycles. The highest BCUT2D eigenvalue weighted by Gasteiger charge is 2.46. The Labute approximate surface area is 153 Å². The maximum absolute atomic E-state index is 13.0. The highest BCUT2D eigenvalue weighted by Crippen LogP contribution is 2.41. The number of rotatable bonds is 4. The number of carbonyl (C=O) groups excluding carboxylic acids is 1. The molecule has 1 N–H and O–H groups in total. The monoisotopic (exact) mass is 355 g/mol. The Bertz CT molecular complexity index is 756. The quantitative estimate of drug-likeness (QED) is 0.907. The zero-order valence-corrected chi connectivity index (χ0v) is 15.3. The molecule has 7 heteroatoms. The van der Waals surface area contributed by atoms with Crippen molar-refractivity contribution in [3.05, 3.63) is 35.8 Å². The lowest BCUT2D eigenvalue weighted by Crippen LogP contribution is -2.47. The number of oxazole rings is 1. The first-order valence-corrected chi connectivity index (χ1v) is 9.39. The van der Waals surface area contributed by atoms with Gasteiger partial charge in [0.05, 0.1) is 12.2 Å². The van der Waals surface area contributed by atoms with Crippen molar-refractivity contribution in [1.82, 2.24) is 20.3 Å². The van der Waals surface area contributed by atoms with Crippen molar-refractivity contribution in [3.8, 4) is 0 Å². The van der Waals surface area contributed by atoms with Crippen molar-refractivity contribution in [2.24, 2.45) is 5.92 Å². The van der Waals surface area contributed by atoms with Crippen LogP contribution < -0.4 is 10.2 Å². The zero-order chi connectivity index (χ0) is 18.1. The number of nitrogens with one attached hydrogen (secondary N) is 1. The molecular weight excluding hydrogens is 330 g/mol. The molecule has 26 heavy (non-hydrogen) atoms. The molecule has 0 bridgehead atoms. The molecule has 1 amide bonds. The van der Waals surface area contributed by atoms with E-state index in [0.29, 0.717) is 30.3 Å². The van der Waals surface area contributed by atoms with Crippen LogP contribution in [0.5, 0.6) is 0 Å². The van der Waals surface area contributed by atoms with Gasteiger partial charge in [0.15, 0.2) is 0 Å². The number of carbonyl (C=O) groups is 1. The van der Waals surface area contributed by atoms with Crippen LogP contribution in [0.25, 0.3) is 0 Å². The van der Waals surface area contributed by atoms with Gasteiger partial charge in [0, 0.05) is 18.4 Å². The number of aryl methyl sites for hydroxylation is 2. The topological polar surface area (TPSA) is 84.2 Å². The lowest BCUT2D eigenvalue weighted by atomic mass is 9.85. The Morgan fingerprint density at radius 1 is 1.27 bits per heavy atom. The van der Waals surface area contributed by atoms with E-state index in [2.05, 4.69) is 25.2 Å². The number of nitrogens with zero attached hydrogens (tertiary/aromatic N) is 4. The van der Waals surface area contributed by atoms with Gasteiger partial charge in [0.2, 0.25) is 17.7 Å². The first kappa shape index (κ1) is 17.0. The summed E-state index contributed by atoms with van der Waals surface area (Å²) < 4.78 is 5.57. The van der Waals surface area contributed by atoms with Crippen LogP contribution in [0.4, 0.5) is 5.95 Å². The molecule has 1 aliphatic carbocycles. The van der Waals surface area contributed by atoms with E-state index in [0.717, 1.165) is 24.3 Å². The van der Waals surface area contributed by atoms with E-state index in [9.17, 15) is 4.79 Å². The zero-order valence-electron chi connectivity index (χ0n) is 15.3. The largest absolute Gasteiger partial charge is 0.444 e. The molecule has 1 saturated carbocycles. The Hall–Kier alpha value is -2.44. The molecule has 2 aliphatic rings. The van der Waals surface area contributed by atoms with Crippen LogP contribution in [0.3, 0.4) is 0 Å². The molecule has 2 aromatic rings. The Morgan fingerprint density at radius 3 is 2.77 bits per heavy atom. The van der Waals surface area contributed by atoms with Gasteiger partial charge in [-0.15, -0.1) is 0 Å². The molecule has 0 unspecified atom stereocenters. The number of aromatic nitrogens is 3. The van der Waals surface area contributed by atoms with Gasteiger partial charge in [0.25, 0.3) is 0 Å². The molecule has 2 fully saturated rings. The summed E-state index contributed by atoms with van der Waals surface area (Å²) in [5, 5.41) is 3.00. The first-order chi connectivity index (χ1) is 12.6. The van der Waals surface area contributed by atoms with Gasteiger partial charge in [-0.3, -0.25) is 4.79 Å². The van der Waals surface area contributed by atoms with E-state index in [1.54, 1.807) is 18.5 Å². The molecule has 0 spiro atoms. The van der Waals surface area contributed by atoms with Crippen molar-refractivity contribution in [1.29, 1.82) is 0 Å². The van der Waals surface area contributed by atoms with Crippen molar-refractivity contribution in [2.45, 2.75) is 64.6 Å². The van der Waals surface area contributed by atoms with Crippen LogP contribution in [-0.4, -0.2) is 32.9 Å². The van der Waals surface area contributed by atoms with Crippen LogP contribution in [0.2, 0.25) is 0 Å². The van der Waals surface area contributed by atoms with E-state index in [4.69, 9.17) is 4.42 Å². The number of amides is 1. The lowest BCUT2D eigenvalue weighted by Gasteiger charge is -2.33. The normalized spacial score (nSPS) is 25.2. The van der Waals surface area contributed by atoms with Crippen LogP contribution in [0.1, 0.15) is 49.4 Å². The van der Waals surface area contributed by atoms with E-state index in [1.807, 2.05) is 13.8 Å². The third-order valence-corrected chi connectivity index (χ3v) is 5.66. The Morgan fingerprint density at radius 2 is 2.04 bits per heavy atom. The fourth-order valence-corrected chi connectivity index (χ4v) is 4.30. The standard InChI is InChI=1S/C19H25N5O2/c1-12-13(2)26-17(23-12)11-22-18(25)16-10-14-6-3-4-7-15(14)24(16)19-20-8-5-9-21-19/h5,8-9,14-16H,3-4,6-7,10-11H2,1-2H3,(H,22,25)/t14-,15-,16+/m1/s1. The molecular formula is C19H25N5O2. The average Bonchev–Trinajstić information content (AvgIpc) is 3.20.